The molecule has 2 amide bonds. The monoisotopic (exact) mass is 459 g/mol. The van der Waals surface area contributed by atoms with Crippen LogP contribution in [0.25, 0.3) is 11.4 Å². The van der Waals surface area contributed by atoms with Gasteiger partial charge in [0, 0.05) is 29.4 Å². The van der Waals surface area contributed by atoms with Gasteiger partial charge in [-0.3, -0.25) is 9.11 Å². The quantitative estimate of drug-likeness (QED) is 0.546. The molecule has 5 rings (SSSR count). The standard InChI is InChI=1S/C22H29N5O4S/c1-13-11-31-10-9-27(13)21-19-14(2)32(29,30)12-18(19)25-20(26-21)15-3-5-16(6-4-15)23-22(28)24-17-7-8-17/h3-6,13-14,17,29-30H,7-12H2,1-2H3,(H2,23,24,28)/t13-,14+/m0/s1. The smallest absolute Gasteiger partial charge is 0.319 e. The molecule has 1 aromatic carbocycles. The van der Waals surface area contributed by atoms with Gasteiger partial charge in [0.1, 0.15) is 5.82 Å². The molecule has 1 aromatic heterocycles. The second-order valence-corrected chi connectivity index (χ2v) is 11.2. The van der Waals surface area contributed by atoms with E-state index in [9.17, 15) is 13.9 Å². The van der Waals surface area contributed by atoms with E-state index < -0.39 is 15.8 Å². The van der Waals surface area contributed by atoms with Crippen LogP contribution in [0.5, 0.6) is 0 Å². The molecule has 9 nitrogen and oxygen atoms in total. The summed E-state index contributed by atoms with van der Waals surface area (Å²) >= 11 is 0. The summed E-state index contributed by atoms with van der Waals surface area (Å²) in [6.07, 6.45) is 2.07. The van der Waals surface area contributed by atoms with Gasteiger partial charge in [-0.05, 0) is 51.0 Å². The number of urea groups is 1. The average molecular weight is 460 g/mol. The highest BCUT2D eigenvalue weighted by molar-refractivity contribution is 8.24. The largest absolute Gasteiger partial charge is 0.377 e. The summed E-state index contributed by atoms with van der Waals surface area (Å²) in [7, 11) is -2.80. The third-order valence-electron chi connectivity index (χ3n) is 6.28. The molecule has 1 saturated carbocycles. The number of hydrogen-bond donors (Lipinski definition) is 4. The van der Waals surface area contributed by atoms with E-state index in [-0.39, 0.29) is 17.8 Å². The highest BCUT2D eigenvalue weighted by atomic mass is 32.3. The van der Waals surface area contributed by atoms with Crippen molar-refractivity contribution in [2.24, 2.45) is 0 Å². The summed E-state index contributed by atoms with van der Waals surface area (Å²) < 4.78 is 26.8. The highest BCUT2D eigenvalue weighted by Gasteiger charge is 2.40. The molecule has 3 aliphatic rings. The molecule has 3 heterocycles. The fraction of sp³-hybridized carbons (Fsp3) is 0.500. The zero-order valence-electron chi connectivity index (χ0n) is 18.2. The SMILES string of the molecule is C[C@@H]1c2c(nc(-c3ccc(NC(=O)NC4CC4)cc3)nc2N2CCOC[C@@H]2C)CS1(O)O. The fourth-order valence-electron chi connectivity index (χ4n) is 4.22. The number of nitrogens with zero attached hydrogens (tertiary/aromatic N) is 3. The Bertz CT molecular complexity index is 1030. The van der Waals surface area contributed by atoms with E-state index in [4.69, 9.17) is 14.7 Å². The van der Waals surface area contributed by atoms with Crippen molar-refractivity contribution in [3.8, 4) is 11.4 Å². The van der Waals surface area contributed by atoms with Gasteiger partial charge in [0.25, 0.3) is 0 Å². The van der Waals surface area contributed by atoms with Crippen molar-refractivity contribution in [2.75, 3.05) is 30.0 Å². The van der Waals surface area contributed by atoms with Crippen LogP contribution in [-0.2, 0) is 10.5 Å². The molecule has 0 unspecified atom stereocenters. The highest BCUT2D eigenvalue weighted by Crippen LogP contribution is 2.63. The van der Waals surface area contributed by atoms with Gasteiger partial charge in [0.05, 0.1) is 36.0 Å². The third-order valence-corrected chi connectivity index (χ3v) is 8.35. The van der Waals surface area contributed by atoms with Gasteiger partial charge in [-0.2, -0.15) is 10.6 Å². The molecule has 172 valence electrons. The minimum atomic E-state index is -2.80. The zero-order chi connectivity index (χ0) is 22.5. The number of nitrogens with one attached hydrogen (secondary N) is 2. The Kier molecular flexibility index (Phi) is 5.48. The van der Waals surface area contributed by atoms with E-state index in [0.29, 0.717) is 43.0 Å². The number of benzene rings is 1. The number of carbonyl (C=O) groups is 1. The lowest BCUT2D eigenvalue weighted by Crippen LogP contribution is -2.44. The summed E-state index contributed by atoms with van der Waals surface area (Å²) in [6, 6.07) is 7.62. The second-order valence-electron chi connectivity index (χ2n) is 8.80. The number of aromatic nitrogens is 2. The Morgan fingerprint density at radius 1 is 1.19 bits per heavy atom. The zero-order valence-corrected chi connectivity index (χ0v) is 19.1. The van der Waals surface area contributed by atoms with Gasteiger partial charge in [0.15, 0.2) is 5.82 Å². The van der Waals surface area contributed by atoms with Crippen molar-refractivity contribution in [2.45, 2.75) is 49.8 Å². The van der Waals surface area contributed by atoms with E-state index in [1.54, 1.807) is 0 Å². The van der Waals surface area contributed by atoms with Crippen LogP contribution in [0.2, 0.25) is 0 Å². The lowest BCUT2D eigenvalue weighted by Gasteiger charge is -2.37. The number of rotatable bonds is 4. The number of amides is 2. The Morgan fingerprint density at radius 3 is 2.62 bits per heavy atom. The molecule has 0 bridgehead atoms. The molecule has 4 N–H and O–H groups in total. The van der Waals surface area contributed by atoms with Crippen LogP contribution in [-0.4, -0.2) is 56.9 Å². The maximum atomic E-state index is 12.0. The predicted octanol–water partition coefficient (Wildman–Crippen LogP) is 3.98. The minimum Gasteiger partial charge on any atom is -0.377 e. The molecule has 2 aromatic rings. The Balaban J connectivity index is 1.46. The normalized spacial score (nSPS) is 25.2. The van der Waals surface area contributed by atoms with E-state index in [0.717, 1.165) is 29.8 Å². The minimum absolute atomic E-state index is 0.127. The number of anilines is 2. The van der Waals surface area contributed by atoms with Gasteiger partial charge in [-0.25, -0.2) is 14.8 Å². The Morgan fingerprint density at radius 2 is 1.94 bits per heavy atom. The first-order chi connectivity index (χ1) is 15.3. The molecule has 2 atom stereocenters. The topological polar surface area (TPSA) is 120 Å². The van der Waals surface area contributed by atoms with E-state index in [1.165, 1.54) is 0 Å². The Labute approximate surface area is 188 Å². The summed E-state index contributed by atoms with van der Waals surface area (Å²) in [5.41, 5.74) is 3.02. The van der Waals surface area contributed by atoms with Crippen LogP contribution in [0.4, 0.5) is 16.3 Å². The summed E-state index contributed by atoms with van der Waals surface area (Å²) in [5, 5.41) is 5.34. The van der Waals surface area contributed by atoms with E-state index in [2.05, 4.69) is 22.5 Å². The Hall–Kier alpha value is -2.40. The van der Waals surface area contributed by atoms with Crippen LogP contribution in [0.15, 0.2) is 24.3 Å². The molecule has 0 spiro atoms. The number of fused-ring (bicyclic) bond motifs is 1. The van der Waals surface area contributed by atoms with Crippen molar-refractivity contribution in [3.63, 3.8) is 0 Å². The van der Waals surface area contributed by atoms with Gasteiger partial charge in [-0.1, -0.05) is 0 Å². The summed E-state index contributed by atoms with van der Waals surface area (Å²) in [6.45, 7) is 5.81. The lowest BCUT2D eigenvalue weighted by molar-refractivity contribution is 0.0984. The van der Waals surface area contributed by atoms with Crippen molar-refractivity contribution in [3.05, 3.63) is 35.5 Å². The van der Waals surface area contributed by atoms with Gasteiger partial charge in [-0.15, -0.1) is 0 Å². The molecule has 1 saturated heterocycles. The molecule has 32 heavy (non-hydrogen) atoms. The molecular weight excluding hydrogens is 430 g/mol. The maximum absolute atomic E-state index is 12.0. The first kappa shape index (κ1) is 21.4. The van der Waals surface area contributed by atoms with E-state index in [1.807, 2.05) is 31.2 Å². The maximum Gasteiger partial charge on any atom is 0.319 e. The lowest BCUT2D eigenvalue weighted by atomic mass is 10.1. The van der Waals surface area contributed by atoms with Gasteiger partial charge in [0.2, 0.25) is 0 Å². The van der Waals surface area contributed by atoms with Crippen LogP contribution >= 0.6 is 10.6 Å². The van der Waals surface area contributed by atoms with E-state index >= 15 is 0 Å². The van der Waals surface area contributed by atoms with Crippen LogP contribution in [0, 0.1) is 0 Å². The molecule has 2 aliphatic heterocycles. The van der Waals surface area contributed by atoms with Gasteiger partial charge < -0.3 is 20.3 Å². The first-order valence-electron chi connectivity index (χ1n) is 11.0. The number of morpholine rings is 1. The summed E-state index contributed by atoms with van der Waals surface area (Å²) in [5.74, 6) is 1.44. The number of carbonyl (C=O) groups excluding carboxylic acids is 1. The fourth-order valence-corrected chi connectivity index (χ4v) is 5.71. The van der Waals surface area contributed by atoms with Crippen LogP contribution in [0.1, 0.15) is 43.2 Å². The first-order valence-corrected chi connectivity index (χ1v) is 12.8. The number of hydrogen-bond acceptors (Lipinski definition) is 7. The summed E-state index contributed by atoms with van der Waals surface area (Å²) in [4.78, 5) is 23.8. The number of ether oxygens (including phenoxy) is 1. The molecule has 0 radical (unpaired) electrons. The van der Waals surface area contributed by atoms with Crippen LogP contribution in [0.3, 0.4) is 0 Å². The second kappa shape index (κ2) is 8.18. The van der Waals surface area contributed by atoms with Crippen molar-refractivity contribution >= 4 is 28.1 Å². The average Bonchev–Trinajstić information content (AvgIpc) is 3.53. The molecular formula is C22H29N5O4S. The third kappa shape index (κ3) is 4.15. The van der Waals surface area contributed by atoms with Crippen molar-refractivity contribution < 1.29 is 18.6 Å². The van der Waals surface area contributed by atoms with Crippen molar-refractivity contribution in [1.29, 1.82) is 0 Å². The van der Waals surface area contributed by atoms with Crippen molar-refractivity contribution in [1.82, 2.24) is 15.3 Å². The molecule has 1 aliphatic carbocycles. The molecule has 10 heteroatoms. The molecule has 2 fully saturated rings. The van der Waals surface area contributed by atoms with Crippen LogP contribution < -0.4 is 15.5 Å². The predicted molar refractivity (Wildman–Crippen MR) is 125 cm³/mol. The van der Waals surface area contributed by atoms with Gasteiger partial charge >= 0.3 is 6.03 Å².